The summed E-state index contributed by atoms with van der Waals surface area (Å²) in [5.41, 5.74) is 0.324. The molecule has 1 fully saturated rings. The first kappa shape index (κ1) is 16.0. The van der Waals surface area contributed by atoms with Crippen molar-refractivity contribution in [3.8, 4) is 0 Å². The van der Waals surface area contributed by atoms with Gasteiger partial charge in [0, 0.05) is 32.2 Å². The van der Waals surface area contributed by atoms with Gasteiger partial charge in [-0.2, -0.15) is 10.1 Å². The SMILES string of the molecule is CC(C)N1CCN(c2nc3c(cnn3C(C)(C)C)c(=O)[nH]2)CC1. The first-order valence-corrected chi connectivity index (χ1v) is 8.25. The number of hydrogen-bond acceptors (Lipinski definition) is 5. The fourth-order valence-corrected chi connectivity index (χ4v) is 3.00. The Bertz CT molecular complexity index is 746. The quantitative estimate of drug-likeness (QED) is 0.906. The molecule has 7 nitrogen and oxygen atoms in total. The van der Waals surface area contributed by atoms with Gasteiger partial charge >= 0.3 is 0 Å². The molecular formula is C16H26N6O. The van der Waals surface area contributed by atoms with Crippen LogP contribution in [-0.2, 0) is 5.54 Å². The lowest BCUT2D eigenvalue weighted by Gasteiger charge is -2.37. The van der Waals surface area contributed by atoms with E-state index in [0.717, 1.165) is 26.2 Å². The van der Waals surface area contributed by atoms with Crippen LogP contribution in [0.5, 0.6) is 0 Å². The van der Waals surface area contributed by atoms with Crippen LogP contribution in [0.3, 0.4) is 0 Å². The molecule has 1 aliphatic heterocycles. The van der Waals surface area contributed by atoms with Crippen molar-refractivity contribution >= 4 is 17.0 Å². The summed E-state index contributed by atoms with van der Waals surface area (Å²) < 4.78 is 1.82. The average molecular weight is 318 g/mol. The van der Waals surface area contributed by atoms with Gasteiger partial charge < -0.3 is 4.90 Å². The summed E-state index contributed by atoms with van der Waals surface area (Å²) in [5.74, 6) is 0.650. The molecule has 0 bridgehead atoms. The molecule has 0 saturated carbocycles. The van der Waals surface area contributed by atoms with Crippen LogP contribution in [0, 0.1) is 0 Å². The third kappa shape index (κ3) is 2.97. The highest BCUT2D eigenvalue weighted by Gasteiger charge is 2.23. The second-order valence-electron chi connectivity index (χ2n) is 7.47. The summed E-state index contributed by atoms with van der Waals surface area (Å²) in [6.45, 7) is 14.3. The van der Waals surface area contributed by atoms with Gasteiger partial charge in [-0.15, -0.1) is 0 Å². The van der Waals surface area contributed by atoms with Gasteiger partial charge in [0.25, 0.3) is 5.56 Å². The predicted molar refractivity (Wildman–Crippen MR) is 92.1 cm³/mol. The molecule has 1 aliphatic rings. The largest absolute Gasteiger partial charge is 0.340 e. The van der Waals surface area contributed by atoms with E-state index in [9.17, 15) is 4.79 Å². The lowest BCUT2D eigenvalue weighted by atomic mass is 10.1. The molecule has 3 rings (SSSR count). The molecular weight excluding hydrogens is 292 g/mol. The zero-order valence-corrected chi connectivity index (χ0v) is 14.6. The molecule has 0 spiro atoms. The number of aromatic amines is 1. The minimum atomic E-state index is -0.212. The van der Waals surface area contributed by atoms with Crippen molar-refractivity contribution in [2.75, 3.05) is 31.1 Å². The van der Waals surface area contributed by atoms with Crippen LogP contribution < -0.4 is 10.5 Å². The topological polar surface area (TPSA) is 70.1 Å². The van der Waals surface area contributed by atoms with Gasteiger partial charge in [-0.25, -0.2) is 4.68 Å². The Labute approximate surface area is 136 Å². The summed E-state index contributed by atoms with van der Waals surface area (Å²) in [4.78, 5) is 24.6. The van der Waals surface area contributed by atoms with E-state index in [0.29, 0.717) is 23.0 Å². The van der Waals surface area contributed by atoms with Gasteiger partial charge in [0.05, 0.1) is 11.7 Å². The zero-order valence-electron chi connectivity index (χ0n) is 14.6. The minimum Gasteiger partial charge on any atom is -0.340 e. The van der Waals surface area contributed by atoms with Crippen molar-refractivity contribution in [1.82, 2.24) is 24.6 Å². The van der Waals surface area contributed by atoms with Gasteiger partial charge in [-0.3, -0.25) is 14.7 Å². The highest BCUT2D eigenvalue weighted by molar-refractivity contribution is 5.74. The van der Waals surface area contributed by atoms with E-state index in [2.05, 4.69) is 54.5 Å². The van der Waals surface area contributed by atoms with Crippen molar-refractivity contribution in [3.05, 3.63) is 16.6 Å². The predicted octanol–water partition coefficient (Wildman–Crippen LogP) is 1.40. The van der Waals surface area contributed by atoms with Crippen LogP contribution >= 0.6 is 0 Å². The maximum atomic E-state index is 12.4. The minimum absolute atomic E-state index is 0.119. The summed E-state index contributed by atoms with van der Waals surface area (Å²) in [6, 6.07) is 0.550. The van der Waals surface area contributed by atoms with Crippen molar-refractivity contribution < 1.29 is 0 Å². The molecule has 1 N–H and O–H groups in total. The smallest absolute Gasteiger partial charge is 0.263 e. The van der Waals surface area contributed by atoms with Crippen LogP contribution in [0.15, 0.2) is 11.0 Å². The first-order chi connectivity index (χ1) is 10.8. The Balaban J connectivity index is 1.95. The number of aromatic nitrogens is 4. The Morgan fingerprint density at radius 1 is 1.17 bits per heavy atom. The molecule has 2 aromatic heterocycles. The molecule has 7 heteroatoms. The fourth-order valence-electron chi connectivity index (χ4n) is 3.00. The Kier molecular flexibility index (Phi) is 3.91. The molecule has 0 atom stereocenters. The molecule has 0 amide bonds. The number of anilines is 1. The first-order valence-electron chi connectivity index (χ1n) is 8.25. The number of rotatable bonds is 2. The maximum absolute atomic E-state index is 12.4. The second-order valence-corrected chi connectivity index (χ2v) is 7.47. The zero-order chi connectivity index (χ0) is 16.8. The van der Waals surface area contributed by atoms with E-state index in [-0.39, 0.29) is 11.1 Å². The third-order valence-electron chi connectivity index (χ3n) is 4.41. The second kappa shape index (κ2) is 5.63. The number of fused-ring (bicyclic) bond motifs is 1. The standard InChI is InChI=1S/C16H26N6O/c1-11(2)20-6-8-21(9-7-20)15-18-13-12(14(23)19-15)10-17-22(13)16(3,4)5/h10-11H,6-9H2,1-5H3,(H,18,19,23). The molecule has 2 aromatic rings. The van der Waals surface area contributed by atoms with E-state index in [1.165, 1.54) is 0 Å². The third-order valence-corrected chi connectivity index (χ3v) is 4.41. The number of nitrogens with zero attached hydrogens (tertiary/aromatic N) is 5. The fraction of sp³-hybridized carbons (Fsp3) is 0.688. The van der Waals surface area contributed by atoms with E-state index < -0.39 is 0 Å². The summed E-state index contributed by atoms with van der Waals surface area (Å²) in [5, 5.41) is 4.90. The molecule has 3 heterocycles. The molecule has 0 aromatic carbocycles. The van der Waals surface area contributed by atoms with E-state index in [1.54, 1.807) is 6.20 Å². The van der Waals surface area contributed by atoms with Crippen molar-refractivity contribution in [2.45, 2.75) is 46.2 Å². The van der Waals surface area contributed by atoms with Crippen LogP contribution in [0.4, 0.5) is 5.95 Å². The van der Waals surface area contributed by atoms with Crippen molar-refractivity contribution in [1.29, 1.82) is 0 Å². The van der Waals surface area contributed by atoms with Crippen LogP contribution in [0.25, 0.3) is 11.0 Å². The maximum Gasteiger partial charge on any atom is 0.263 e. The summed E-state index contributed by atoms with van der Waals surface area (Å²) >= 11 is 0. The highest BCUT2D eigenvalue weighted by Crippen LogP contribution is 2.20. The van der Waals surface area contributed by atoms with Crippen LogP contribution in [0.1, 0.15) is 34.6 Å². The molecule has 0 unspecified atom stereocenters. The normalized spacial score (nSPS) is 17.4. The Morgan fingerprint density at radius 3 is 2.39 bits per heavy atom. The summed E-state index contributed by atoms with van der Waals surface area (Å²) in [7, 11) is 0. The molecule has 0 radical (unpaired) electrons. The average Bonchev–Trinajstić information content (AvgIpc) is 2.92. The molecule has 0 aliphatic carbocycles. The molecule has 126 valence electrons. The monoisotopic (exact) mass is 318 g/mol. The van der Waals surface area contributed by atoms with Crippen molar-refractivity contribution in [3.63, 3.8) is 0 Å². The number of hydrogen-bond donors (Lipinski definition) is 1. The van der Waals surface area contributed by atoms with Gasteiger partial charge in [0.1, 0.15) is 5.39 Å². The van der Waals surface area contributed by atoms with Crippen LogP contribution in [-0.4, -0.2) is 56.9 Å². The number of piperazine rings is 1. The Hall–Kier alpha value is -1.89. The molecule has 1 saturated heterocycles. The lowest BCUT2D eigenvalue weighted by molar-refractivity contribution is 0.208. The van der Waals surface area contributed by atoms with Gasteiger partial charge in [0.15, 0.2) is 5.65 Å². The number of nitrogens with one attached hydrogen (secondary N) is 1. The van der Waals surface area contributed by atoms with Crippen LogP contribution in [0.2, 0.25) is 0 Å². The van der Waals surface area contributed by atoms with E-state index in [4.69, 9.17) is 4.98 Å². The van der Waals surface area contributed by atoms with Gasteiger partial charge in [-0.1, -0.05) is 0 Å². The number of H-pyrrole nitrogens is 1. The van der Waals surface area contributed by atoms with E-state index in [1.807, 2.05) is 4.68 Å². The lowest BCUT2D eigenvalue weighted by Crippen LogP contribution is -2.49. The molecule has 23 heavy (non-hydrogen) atoms. The van der Waals surface area contributed by atoms with E-state index >= 15 is 0 Å². The van der Waals surface area contributed by atoms with Gasteiger partial charge in [-0.05, 0) is 34.6 Å². The van der Waals surface area contributed by atoms with Crippen molar-refractivity contribution in [2.24, 2.45) is 0 Å². The Morgan fingerprint density at radius 2 is 1.83 bits per heavy atom. The van der Waals surface area contributed by atoms with Gasteiger partial charge in [0.2, 0.25) is 5.95 Å². The summed E-state index contributed by atoms with van der Waals surface area (Å²) in [6.07, 6.45) is 1.60. The highest BCUT2D eigenvalue weighted by atomic mass is 16.1.